The van der Waals surface area contributed by atoms with Gasteiger partial charge in [0.1, 0.15) is 5.82 Å². The predicted molar refractivity (Wildman–Crippen MR) is 80.2 cm³/mol. The number of piperazine rings is 1. The van der Waals surface area contributed by atoms with Crippen molar-refractivity contribution in [1.82, 2.24) is 15.3 Å². The van der Waals surface area contributed by atoms with E-state index in [1.54, 1.807) is 18.3 Å². The minimum absolute atomic E-state index is 0.288. The summed E-state index contributed by atoms with van der Waals surface area (Å²) in [6.45, 7) is 3.57. The Labute approximate surface area is 125 Å². The first kappa shape index (κ1) is 13.5. The van der Waals surface area contributed by atoms with Gasteiger partial charge in [0.2, 0.25) is 5.95 Å². The fourth-order valence-corrected chi connectivity index (χ4v) is 2.55. The lowest BCUT2D eigenvalue weighted by molar-refractivity contribution is 0.580. The van der Waals surface area contributed by atoms with E-state index >= 15 is 0 Å². The number of halogens is 2. The Kier molecular flexibility index (Phi) is 3.93. The highest BCUT2D eigenvalue weighted by Crippen LogP contribution is 2.25. The van der Waals surface area contributed by atoms with Gasteiger partial charge in [0, 0.05) is 42.4 Å². The summed E-state index contributed by atoms with van der Waals surface area (Å²) in [7, 11) is 0. The highest BCUT2D eigenvalue weighted by molar-refractivity contribution is 9.10. The molecule has 0 radical (unpaired) electrons. The molecule has 1 aliphatic rings. The molecule has 1 aromatic heterocycles. The fourth-order valence-electron chi connectivity index (χ4n) is 2.21. The molecule has 6 heteroatoms. The normalized spacial score (nSPS) is 15.4. The average molecular weight is 337 g/mol. The molecule has 104 valence electrons. The van der Waals surface area contributed by atoms with Gasteiger partial charge >= 0.3 is 0 Å². The quantitative estimate of drug-likeness (QED) is 0.914. The lowest BCUT2D eigenvalue weighted by atomic mass is 10.1. The molecule has 1 aliphatic heterocycles. The molecule has 0 unspecified atom stereocenters. The van der Waals surface area contributed by atoms with Crippen molar-refractivity contribution in [2.75, 3.05) is 31.1 Å². The summed E-state index contributed by atoms with van der Waals surface area (Å²) < 4.78 is 14.7. The van der Waals surface area contributed by atoms with Crippen LogP contribution in [0.1, 0.15) is 0 Å². The van der Waals surface area contributed by atoms with Gasteiger partial charge in [-0.25, -0.2) is 14.4 Å². The summed E-state index contributed by atoms with van der Waals surface area (Å²) in [6, 6.07) is 6.72. The Morgan fingerprint density at radius 3 is 2.75 bits per heavy atom. The maximum absolute atomic E-state index is 14.0. The number of benzene rings is 1. The lowest BCUT2D eigenvalue weighted by Crippen LogP contribution is -2.44. The zero-order valence-corrected chi connectivity index (χ0v) is 12.4. The minimum atomic E-state index is -0.288. The number of anilines is 1. The number of hydrogen-bond acceptors (Lipinski definition) is 4. The molecule has 2 aromatic rings. The summed E-state index contributed by atoms with van der Waals surface area (Å²) in [6.07, 6.45) is 1.68. The van der Waals surface area contributed by atoms with Crippen LogP contribution in [0.15, 0.2) is 34.9 Å². The van der Waals surface area contributed by atoms with Crippen molar-refractivity contribution in [3.05, 3.63) is 40.8 Å². The van der Waals surface area contributed by atoms with Crippen LogP contribution in [0.3, 0.4) is 0 Å². The van der Waals surface area contributed by atoms with Gasteiger partial charge in [0.25, 0.3) is 0 Å². The van der Waals surface area contributed by atoms with Gasteiger partial charge in [-0.05, 0) is 24.3 Å². The van der Waals surface area contributed by atoms with E-state index in [9.17, 15) is 4.39 Å². The van der Waals surface area contributed by atoms with E-state index in [2.05, 4.69) is 36.1 Å². The number of nitrogens with zero attached hydrogens (tertiary/aromatic N) is 3. The first-order valence-corrected chi connectivity index (χ1v) is 7.27. The van der Waals surface area contributed by atoms with Crippen LogP contribution in [-0.4, -0.2) is 36.1 Å². The summed E-state index contributed by atoms with van der Waals surface area (Å²) in [5, 5.41) is 3.28. The van der Waals surface area contributed by atoms with Crippen LogP contribution in [0.4, 0.5) is 10.3 Å². The monoisotopic (exact) mass is 336 g/mol. The van der Waals surface area contributed by atoms with Crippen molar-refractivity contribution in [3.8, 4) is 11.3 Å². The molecule has 3 rings (SSSR count). The molecule has 1 N–H and O–H groups in total. The van der Waals surface area contributed by atoms with Crippen molar-refractivity contribution in [2.45, 2.75) is 0 Å². The Bertz CT molecular complexity index is 614. The van der Waals surface area contributed by atoms with Gasteiger partial charge in [0.05, 0.1) is 5.69 Å². The molecule has 2 heterocycles. The summed E-state index contributed by atoms with van der Waals surface area (Å²) in [4.78, 5) is 10.9. The summed E-state index contributed by atoms with van der Waals surface area (Å²) in [5.41, 5.74) is 1.10. The molecule has 0 saturated carbocycles. The van der Waals surface area contributed by atoms with E-state index < -0.39 is 0 Å². The summed E-state index contributed by atoms with van der Waals surface area (Å²) >= 11 is 3.26. The average Bonchev–Trinajstić information content (AvgIpc) is 2.48. The van der Waals surface area contributed by atoms with Gasteiger partial charge in [-0.1, -0.05) is 15.9 Å². The molecule has 0 amide bonds. The molecule has 1 saturated heterocycles. The van der Waals surface area contributed by atoms with Gasteiger partial charge in [-0.3, -0.25) is 0 Å². The zero-order valence-electron chi connectivity index (χ0n) is 10.8. The highest BCUT2D eigenvalue weighted by Gasteiger charge is 2.14. The Balaban J connectivity index is 1.94. The smallest absolute Gasteiger partial charge is 0.225 e. The Morgan fingerprint density at radius 2 is 2.00 bits per heavy atom. The molecular weight excluding hydrogens is 323 g/mol. The molecule has 0 spiro atoms. The van der Waals surface area contributed by atoms with Crippen molar-refractivity contribution in [2.24, 2.45) is 0 Å². The van der Waals surface area contributed by atoms with Crippen LogP contribution < -0.4 is 10.2 Å². The number of hydrogen-bond donors (Lipinski definition) is 1. The van der Waals surface area contributed by atoms with Crippen LogP contribution in [0, 0.1) is 5.82 Å². The van der Waals surface area contributed by atoms with E-state index in [0.717, 1.165) is 30.7 Å². The van der Waals surface area contributed by atoms with E-state index in [1.165, 1.54) is 6.07 Å². The Hall–Kier alpha value is -1.53. The van der Waals surface area contributed by atoms with Gasteiger partial charge in [-0.2, -0.15) is 0 Å². The fraction of sp³-hybridized carbons (Fsp3) is 0.286. The third-order valence-corrected chi connectivity index (χ3v) is 3.74. The van der Waals surface area contributed by atoms with E-state index in [1.807, 2.05) is 6.07 Å². The van der Waals surface area contributed by atoms with Crippen molar-refractivity contribution < 1.29 is 4.39 Å². The largest absolute Gasteiger partial charge is 0.338 e. The minimum Gasteiger partial charge on any atom is -0.338 e. The number of aromatic nitrogens is 2. The topological polar surface area (TPSA) is 41.1 Å². The molecular formula is C14H14BrFN4. The molecule has 1 fully saturated rings. The zero-order chi connectivity index (χ0) is 13.9. The number of nitrogens with one attached hydrogen (secondary N) is 1. The lowest BCUT2D eigenvalue weighted by Gasteiger charge is -2.27. The van der Waals surface area contributed by atoms with Crippen molar-refractivity contribution >= 4 is 21.9 Å². The van der Waals surface area contributed by atoms with Gasteiger partial charge in [-0.15, -0.1) is 0 Å². The predicted octanol–water partition coefficient (Wildman–Crippen LogP) is 2.45. The van der Waals surface area contributed by atoms with E-state index in [4.69, 9.17) is 0 Å². The van der Waals surface area contributed by atoms with Crippen LogP contribution in [0.2, 0.25) is 0 Å². The van der Waals surface area contributed by atoms with Crippen LogP contribution >= 0.6 is 15.9 Å². The third-order valence-electron chi connectivity index (χ3n) is 3.25. The third kappa shape index (κ3) is 2.81. The molecule has 1 aromatic carbocycles. The summed E-state index contributed by atoms with van der Waals surface area (Å²) in [5.74, 6) is 0.371. The SMILES string of the molecule is Fc1cc(Br)ccc1-c1ccnc(N2CCNCC2)n1. The first-order valence-electron chi connectivity index (χ1n) is 6.48. The molecule has 0 bridgehead atoms. The van der Waals surface area contributed by atoms with Gasteiger partial charge < -0.3 is 10.2 Å². The maximum atomic E-state index is 14.0. The second-order valence-corrected chi connectivity index (χ2v) is 5.52. The van der Waals surface area contributed by atoms with E-state index in [-0.39, 0.29) is 5.82 Å². The van der Waals surface area contributed by atoms with Crippen LogP contribution in [0.5, 0.6) is 0 Å². The highest BCUT2D eigenvalue weighted by atomic mass is 79.9. The van der Waals surface area contributed by atoms with Crippen LogP contribution in [0.25, 0.3) is 11.3 Å². The molecule has 0 aliphatic carbocycles. The standard InChI is InChI=1S/C14H14BrFN4/c15-10-1-2-11(12(16)9-10)13-3-4-18-14(19-13)20-7-5-17-6-8-20/h1-4,9,17H,5-8H2. The van der Waals surface area contributed by atoms with E-state index in [0.29, 0.717) is 17.2 Å². The second kappa shape index (κ2) is 5.85. The Morgan fingerprint density at radius 1 is 1.20 bits per heavy atom. The molecule has 4 nitrogen and oxygen atoms in total. The van der Waals surface area contributed by atoms with Crippen LogP contribution in [-0.2, 0) is 0 Å². The van der Waals surface area contributed by atoms with Gasteiger partial charge in [0.15, 0.2) is 0 Å². The second-order valence-electron chi connectivity index (χ2n) is 4.60. The molecule has 20 heavy (non-hydrogen) atoms. The van der Waals surface area contributed by atoms with Crippen molar-refractivity contribution in [1.29, 1.82) is 0 Å². The van der Waals surface area contributed by atoms with Crippen molar-refractivity contribution in [3.63, 3.8) is 0 Å². The molecule has 0 atom stereocenters. The number of rotatable bonds is 2. The first-order chi connectivity index (χ1) is 9.74. The maximum Gasteiger partial charge on any atom is 0.225 e.